The Morgan fingerprint density at radius 2 is 2.05 bits per heavy atom. The van der Waals surface area contributed by atoms with Crippen molar-refractivity contribution in [3.8, 4) is 0 Å². The minimum atomic E-state index is -0.0531. The SMILES string of the molecule is C[C@H](NC(=O)[C@H]1C[C@@H]1c1ccccc1)c1ccc(N)nc1. The van der Waals surface area contributed by atoms with Crippen LogP contribution in [0.2, 0.25) is 0 Å². The van der Waals surface area contributed by atoms with E-state index in [0.29, 0.717) is 11.7 Å². The lowest BCUT2D eigenvalue weighted by atomic mass is 10.1. The number of hydrogen-bond acceptors (Lipinski definition) is 3. The molecule has 1 aromatic heterocycles. The van der Waals surface area contributed by atoms with Gasteiger partial charge in [-0.3, -0.25) is 4.79 Å². The van der Waals surface area contributed by atoms with Crippen LogP contribution >= 0.6 is 0 Å². The highest BCUT2D eigenvalue weighted by atomic mass is 16.2. The highest BCUT2D eigenvalue weighted by Gasteiger charge is 2.44. The van der Waals surface area contributed by atoms with Gasteiger partial charge >= 0.3 is 0 Å². The molecule has 0 saturated heterocycles. The molecule has 4 heteroatoms. The van der Waals surface area contributed by atoms with Crippen molar-refractivity contribution in [1.29, 1.82) is 0 Å². The van der Waals surface area contributed by atoms with E-state index in [-0.39, 0.29) is 17.9 Å². The monoisotopic (exact) mass is 281 g/mol. The molecule has 1 aliphatic carbocycles. The molecule has 0 bridgehead atoms. The molecule has 3 rings (SSSR count). The largest absolute Gasteiger partial charge is 0.384 e. The van der Waals surface area contributed by atoms with Gasteiger partial charge in [0.15, 0.2) is 0 Å². The number of amides is 1. The van der Waals surface area contributed by atoms with E-state index < -0.39 is 0 Å². The molecule has 1 fully saturated rings. The Morgan fingerprint density at radius 1 is 1.29 bits per heavy atom. The van der Waals surface area contributed by atoms with Crippen molar-refractivity contribution in [2.24, 2.45) is 5.92 Å². The third-order valence-corrected chi connectivity index (χ3v) is 4.02. The molecular weight excluding hydrogens is 262 g/mol. The first-order valence-corrected chi connectivity index (χ1v) is 7.22. The molecule has 108 valence electrons. The topological polar surface area (TPSA) is 68.0 Å². The average molecular weight is 281 g/mol. The summed E-state index contributed by atoms with van der Waals surface area (Å²) in [5.74, 6) is 1.07. The summed E-state index contributed by atoms with van der Waals surface area (Å²) in [4.78, 5) is 16.3. The predicted octanol–water partition coefficient (Wildman–Crippen LogP) is 2.64. The molecule has 0 aliphatic heterocycles. The van der Waals surface area contributed by atoms with Crippen LogP contribution in [0, 0.1) is 5.92 Å². The molecular formula is C17H19N3O. The highest BCUT2D eigenvalue weighted by molar-refractivity contribution is 5.83. The summed E-state index contributed by atoms with van der Waals surface area (Å²) in [6, 6.07) is 13.8. The van der Waals surface area contributed by atoms with Crippen molar-refractivity contribution in [3.63, 3.8) is 0 Å². The van der Waals surface area contributed by atoms with Crippen molar-refractivity contribution in [3.05, 3.63) is 59.8 Å². The molecule has 4 nitrogen and oxygen atoms in total. The van der Waals surface area contributed by atoms with Gasteiger partial charge in [-0.1, -0.05) is 36.4 Å². The third-order valence-electron chi connectivity index (χ3n) is 4.02. The minimum Gasteiger partial charge on any atom is -0.384 e. The lowest BCUT2D eigenvalue weighted by Crippen LogP contribution is -2.28. The van der Waals surface area contributed by atoms with Crippen LogP contribution in [0.5, 0.6) is 0 Å². The van der Waals surface area contributed by atoms with E-state index in [4.69, 9.17) is 5.73 Å². The molecule has 1 saturated carbocycles. The Kier molecular flexibility index (Phi) is 3.60. The zero-order valence-electron chi connectivity index (χ0n) is 12.0. The van der Waals surface area contributed by atoms with Gasteiger partial charge in [0.25, 0.3) is 0 Å². The number of pyridine rings is 1. The first-order valence-electron chi connectivity index (χ1n) is 7.22. The standard InChI is InChI=1S/C17H19N3O/c1-11(13-7-8-16(18)19-10-13)20-17(21)15-9-14(15)12-5-3-2-4-6-12/h2-8,10-11,14-15H,9H2,1H3,(H2,18,19)(H,20,21)/t11-,14+,15-/m0/s1. The summed E-state index contributed by atoms with van der Waals surface area (Å²) in [5.41, 5.74) is 7.79. The van der Waals surface area contributed by atoms with Crippen LogP contribution in [0.15, 0.2) is 48.7 Å². The van der Waals surface area contributed by atoms with Gasteiger partial charge in [0, 0.05) is 12.1 Å². The first-order chi connectivity index (χ1) is 10.1. The zero-order chi connectivity index (χ0) is 14.8. The molecule has 0 spiro atoms. The van der Waals surface area contributed by atoms with Gasteiger partial charge in [-0.2, -0.15) is 0 Å². The van der Waals surface area contributed by atoms with Crippen molar-refractivity contribution in [2.45, 2.75) is 25.3 Å². The van der Waals surface area contributed by atoms with Crippen LogP contribution in [0.1, 0.15) is 36.4 Å². The predicted molar refractivity (Wildman–Crippen MR) is 82.5 cm³/mol. The summed E-state index contributed by atoms with van der Waals surface area (Å²) in [5, 5.41) is 3.06. The fourth-order valence-corrected chi connectivity index (χ4v) is 2.63. The maximum Gasteiger partial charge on any atom is 0.224 e. The van der Waals surface area contributed by atoms with Gasteiger partial charge in [-0.05, 0) is 36.5 Å². The van der Waals surface area contributed by atoms with Gasteiger partial charge in [-0.15, -0.1) is 0 Å². The van der Waals surface area contributed by atoms with Crippen LogP contribution in [0.3, 0.4) is 0 Å². The molecule has 0 radical (unpaired) electrons. The van der Waals surface area contributed by atoms with Crippen molar-refractivity contribution < 1.29 is 4.79 Å². The number of aromatic nitrogens is 1. The lowest BCUT2D eigenvalue weighted by Gasteiger charge is -2.14. The molecule has 1 amide bonds. The maximum atomic E-state index is 12.3. The number of nitrogens with zero attached hydrogens (tertiary/aromatic N) is 1. The highest BCUT2D eigenvalue weighted by Crippen LogP contribution is 2.47. The Bertz CT molecular complexity index is 624. The number of rotatable bonds is 4. The Hall–Kier alpha value is -2.36. The van der Waals surface area contributed by atoms with Crippen molar-refractivity contribution in [2.75, 3.05) is 5.73 Å². The molecule has 2 aromatic rings. The smallest absolute Gasteiger partial charge is 0.224 e. The number of nitrogens with one attached hydrogen (secondary N) is 1. The van der Waals surface area contributed by atoms with Crippen LogP contribution in [-0.2, 0) is 4.79 Å². The van der Waals surface area contributed by atoms with Gasteiger partial charge in [0.1, 0.15) is 5.82 Å². The number of nitrogen functional groups attached to an aromatic ring is 1. The summed E-state index contributed by atoms with van der Waals surface area (Å²) in [7, 11) is 0. The van der Waals surface area contributed by atoms with Gasteiger partial charge in [0.2, 0.25) is 5.91 Å². The molecule has 1 aromatic carbocycles. The van der Waals surface area contributed by atoms with Gasteiger partial charge in [0.05, 0.1) is 6.04 Å². The normalized spacial score (nSPS) is 21.6. The Balaban J connectivity index is 1.59. The van der Waals surface area contributed by atoms with E-state index >= 15 is 0 Å². The molecule has 1 heterocycles. The van der Waals surface area contributed by atoms with E-state index in [1.165, 1.54) is 5.56 Å². The fourth-order valence-electron chi connectivity index (χ4n) is 2.63. The number of hydrogen-bond donors (Lipinski definition) is 2. The molecule has 3 atom stereocenters. The molecule has 21 heavy (non-hydrogen) atoms. The van der Waals surface area contributed by atoms with E-state index in [9.17, 15) is 4.79 Å². The summed E-state index contributed by atoms with van der Waals surface area (Å²) >= 11 is 0. The number of carbonyl (C=O) groups excluding carboxylic acids is 1. The Labute approximate surface area is 124 Å². The second kappa shape index (κ2) is 5.56. The molecule has 1 aliphatic rings. The van der Waals surface area contributed by atoms with Gasteiger partial charge in [-0.25, -0.2) is 4.98 Å². The van der Waals surface area contributed by atoms with E-state index in [1.54, 1.807) is 12.3 Å². The van der Waals surface area contributed by atoms with E-state index in [1.807, 2.05) is 31.2 Å². The van der Waals surface area contributed by atoms with Crippen LogP contribution < -0.4 is 11.1 Å². The quantitative estimate of drug-likeness (QED) is 0.905. The van der Waals surface area contributed by atoms with Crippen LogP contribution in [0.25, 0.3) is 0 Å². The number of anilines is 1. The van der Waals surface area contributed by atoms with Crippen molar-refractivity contribution >= 4 is 11.7 Å². The van der Waals surface area contributed by atoms with E-state index in [0.717, 1.165) is 12.0 Å². The van der Waals surface area contributed by atoms with Crippen molar-refractivity contribution in [1.82, 2.24) is 10.3 Å². The maximum absolute atomic E-state index is 12.3. The number of benzene rings is 1. The zero-order valence-corrected chi connectivity index (χ0v) is 12.0. The first kappa shape index (κ1) is 13.6. The summed E-state index contributed by atoms with van der Waals surface area (Å²) in [6.07, 6.45) is 2.64. The van der Waals surface area contributed by atoms with Crippen LogP contribution in [0.4, 0.5) is 5.82 Å². The lowest BCUT2D eigenvalue weighted by molar-refractivity contribution is -0.123. The fraction of sp³-hybridized carbons (Fsp3) is 0.294. The number of carbonyl (C=O) groups is 1. The summed E-state index contributed by atoms with van der Waals surface area (Å²) in [6.45, 7) is 1.96. The third kappa shape index (κ3) is 3.05. The van der Waals surface area contributed by atoms with Crippen LogP contribution in [-0.4, -0.2) is 10.9 Å². The molecule has 0 unspecified atom stereocenters. The average Bonchev–Trinajstić information content (AvgIpc) is 3.29. The second-order valence-corrected chi connectivity index (χ2v) is 5.61. The van der Waals surface area contributed by atoms with Gasteiger partial charge < -0.3 is 11.1 Å². The van der Waals surface area contributed by atoms with E-state index in [2.05, 4.69) is 22.4 Å². The summed E-state index contributed by atoms with van der Waals surface area (Å²) < 4.78 is 0. The molecule has 3 N–H and O–H groups in total. The second-order valence-electron chi connectivity index (χ2n) is 5.61. The number of nitrogens with two attached hydrogens (primary N) is 1. The Morgan fingerprint density at radius 3 is 2.71 bits per heavy atom. The minimum absolute atomic E-state index is 0.0531.